The summed E-state index contributed by atoms with van der Waals surface area (Å²) in [7, 11) is 6.80. The normalized spacial score (nSPS) is 11.3. The molecule has 17 heavy (non-hydrogen) atoms. The Kier molecular flexibility index (Phi) is 14.9. The second kappa shape index (κ2) is 12.8. The Morgan fingerprint density at radius 2 is 1.00 bits per heavy atom. The molecule has 106 valence electrons. The van der Waals surface area contributed by atoms with Crippen LogP contribution < -0.4 is 17.0 Å². The summed E-state index contributed by atoms with van der Waals surface area (Å²) < 4.78 is 1.10. The van der Waals surface area contributed by atoms with Crippen molar-refractivity contribution in [3.8, 4) is 0 Å². The third-order valence-corrected chi connectivity index (χ3v) is 2.99. The van der Waals surface area contributed by atoms with E-state index in [0.717, 1.165) is 10.9 Å². The molecule has 0 atom stereocenters. The van der Waals surface area contributed by atoms with Crippen LogP contribution in [-0.4, -0.2) is 43.9 Å². The van der Waals surface area contributed by atoms with Crippen molar-refractivity contribution in [3.05, 3.63) is 0 Å². The maximum absolute atomic E-state index is 8.63. The van der Waals surface area contributed by atoms with Gasteiger partial charge >= 0.3 is 0 Å². The third kappa shape index (κ3) is 18.9. The smallest absolute Gasteiger partial charge is 0.0780 e. The highest BCUT2D eigenvalue weighted by Crippen LogP contribution is 2.10. The molecule has 0 saturated carbocycles. The zero-order valence-electron chi connectivity index (χ0n) is 12.1. The van der Waals surface area contributed by atoms with Crippen LogP contribution in [0.1, 0.15) is 57.8 Å². The predicted molar refractivity (Wildman–Crippen MR) is 71.5 cm³/mol. The lowest BCUT2D eigenvalue weighted by Gasteiger charge is -2.23. The molecule has 0 spiro atoms. The van der Waals surface area contributed by atoms with Crippen LogP contribution in [0.15, 0.2) is 0 Å². The minimum absolute atomic E-state index is 0. The van der Waals surface area contributed by atoms with Crippen molar-refractivity contribution in [1.82, 2.24) is 0 Å². The van der Waals surface area contributed by atoms with Gasteiger partial charge in [0.15, 0.2) is 0 Å². The number of unbranched alkanes of at least 4 members (excludes halogenated alkanes) is 8. The third-order valence-electron chi connectivity index (χ3n) is 2.99. The van der Waals surface area contributed by atoms with Crippen molar-refractivity contribution in [1.29, 1.82) is 0 Å². The van der Waals surface area contributed by atoms with Crippen LogP contribution in [0.2, 0.25) is 0 Å². The Morgan fingerprint density at radius 1 is 0.647 bits per heavy atom. The molecule has 3 heteroatoms. The van der Waals surface area contributed by atoms with Crippen LogP contribution in [0.25, 0.3) is 0 Å². The Balaban J connectivity index is 0. The standard InChI is InChI=1S/C14H32NO.BrH/c1-15(2,3)13-11-9-7-5-4-6-8-10-12-14-16;/h16H,4-14H2,1-3H3;1H/q+1;/p-1. The van der Waals surface area contributed by atoms with Crippen molar-refractivity contribution in [3.63, 3.8) is 0 Å². The van der Waals surface area contributed by atoms with Crippen LogP contribution in [0.4, 0.5) is 0 Å². The van der Waals surface area contributed by atoms with E-state index in [1.165, 1.54) is 57.9 Å². The average Bonchev–Trinajstić information content (AvgIpc) is 2.19. The highest BCUT2D eigenvalue weighted by molar-refractivity contribution is 4.47. The first-order chi connectivity index (χ1) is 7.56. The van der Waals surface area contributed by atoms with Crippen LogP contribution >= 0.6 is 0 Å². The van der Waals surface area contributed by atoms with Gasteiger partial charge in [-0.1, -0.05) is 38.5 Å². The molecule has 0 aliphatic rings. The van der Waals surface area contributed by atoms with Gasteiger partial charge in [-0.2, -0.15) is 0 Å². The first-order valence-corrected chi connectivity index (χ1v) is 6.97. The molecule has 2 nitrogen and oxygen atoms in total. The minimum Gasteiger partial charge on any atom is -1.00 e. The molecule has 0 aromatic heterocycles. The number of hydrogen-bond acceptors (Lipinski definition) is 1. The maximum Gasteiger partial charge on any atom is 0.0780 e. The fourth-order valence-corrected chi connectivity index (χ4v) is 1.94. The molecule has 0 aliphatic heterocycles. The van der Waals surface area contributed by atoms with E-state index in [9.17, 15) is 0 Å². The lowest BCUT2D eigenvalue weighted by atomic mass is 10.1. The number of quaternary nitrogens is 1. The van der Waals surface area contributed by atoms with Gasteiger partial charge < -0.3 is 26.6 Å². The fraction of sp³-hybridized carbons (Fsp3) is 1.00. The molecule has 0 rings (SSSR count). The molecule has 0 amide bonds. The molecule has 0 aromatic rings. The van der Waals surface area contributed by atoms with Crippen molar-refractivity contribution in [2.24, 2.45) is 0 Å². The van der Waals surface area contributed by atoms with E-state index in [1.54, 1.807) is 0 Å². The zero-order valence-corrected chi connectivity index (χ0v) is 13.6. The summed E-state index contributed by atoms with van der Waals surface area (Å²) in [6.45, 7) is 1.67. The predicted octanol–water partition coefficient (Wildman–Crippen LogP) is 0.200. The van der Waals surface area contributed by atoms with Crippen molar-refractivity contribution < 1.29 is 26.6 Å². The SMILES string of the molecule is C[N+](C)(C)CCCCCCCCCCCO.[Br-]. The van der Waals surface area contributed by atoms with E-state index < -0.39 is 0 Å². The molecule has 0 unspecified atom stereocenters. The summed E-state index contributed by atoms with van der Waals surface area (Å²) in [6.07, 6.45) is 11.8. The minimum atomic E-state index is 0. The summed E-state index contributed by atoms with van der Waals surface area (Å²) in [4.78, 5) is 0. The first kappa shape index (κ1) is 19.7. The largest absolute Gasteiger partial charge is 1.00 e. The summed E-state index contributed by atoms with van der Waals surface area (Å²) >= 11 is 0. The molecule has 0 radical (unpaired) electrons. The van der Waals surface area contributed by atoms with Gasteiger partial charge in [-0.05, 0) is 19.3 Å². The monoisotopic (exact) mass is 309 g/mol. The molecule has 1 N–H and O–H groups in total. The number of aliphatic hydroxyl groups excluding tert-OH is 1. The zero-order chi connectivity index (χ0) is 12.3. The molecule has 0 saturated heterocycles. The van der Waals surface area contributed by atoms with Crippen LogP contribution in [0.5, 0.6) is 0 Å². The van der Waals surface area contributed by atoms with Gasteiger partial charge in [0.05, 0.1) is 27.7 Å². The van der Waals surface area contributed by atoms with E-state index in [4.69, 9.17) is 5.11 Å². The summed E-state index contributed by atoms with van der Waals surface area (Å²) in [5.74, 6) is 0. The number of hydrogen-bond donors (Lipinski definition) is 1. The van der Waals surface area contributed by atoms with Crippen LogP contribution in [0.3, 0.4) is 0 Å². The van der Waals surface area contributed by atoms with Gasteiger partial charge in [0.25, 0.3) is 0 Å². The highest BCUT2D eigenvalue weighted by atomic mass is 79.9. The van der Waals surface area contributed by atoms with Gasteiger partial charge in [-0.3, -0.25) is 0 Å². The molecule has 0 fully saturated rings. The molecule has 0 heterocycles. The lowest BCUT2D eigenvalue weighted by molar-refractivity contribution is -0.870. The Bertz CT molecular complexity index is 146. The van der Waals surface area contributed by atoms with Gasteiger partial charge in [0.1, 0.15) is 0 Å². The van der Waals surface area contributed by atoms with Crippen LogP contribution in [0, 0.1) is 0 Å². The van der Waals surface area contributed by atoms with Crippen molar-refractivity contribution >= 4 is 0 Å². The second-order valence-electron chi connectivity index (χ2n) is 5.92. The van der Waals surface area contributed by atoms with Gasteiger partial charge in [-0.15, -0.1) is 0 Å². The summed E-state index contributed by atoms with van der Waals surface area (Å²) in [5.41, 5.74) is 0. The number of rotatable bonds is 11. The number of aliphatic hydroxyl groups is 1. The molecular weight excluding hydrogens is 278 g/mol. The Labute approximate surface area is 119 Å². The van der Waals surface area contributed by atoms with E-state index in [0.29, 0.717) is 6.61 Å². The number of halogens is 1. The topological polar surface area (TPSA) is 20.2 Å². The quantitative estimate of drug-likeness (QED) is 0.427. The Morgan fingerprint density at radius 3 is 1.35 bits per heavy atom. The van der Waals surface area contributed by atoms with Crippen LogP contribution in [-0.2, 0) is 0 Å². The van der Waals surface area contributed by atoms with Crippen molar-refractivity contribution in [2.75, 3.05) is 34.3 Å². The average molecular weight is 310 g/mol. The second-order valence-corrected chi connectivity index (χ2v) is 5.92. The molecular formula is C14H32BrNO. The molecule has 0 bridgehead atoms. The van der Waals surface area contributed by atoms with Gasteiger partial charge in [-0.25, -0.2) is 0 Å². The molecule has 0 aromatic carbocycles. The van der Waals surface area contributed by atoms with Gasteiger partial charge in [0.2, 0.25) is 0 Å². The maximum atomic E-state index is 8.63. The van der Waals surface area contributed by atoms with E-state index >= 15 is 0 Å². The number of nitrogens with zero attached hydrogens (tertiary/aromatic N) is 1. The molecule has 0 aliphatic carbocycles. The summed E-state index contributed by atoms with van der Waals surface area (Å²) in [6, 6.07) is 0. The van der Waals surface area contributed by atoms with E-state index in [-0.39, 0.29) is 17.0 Å². The van der Waals surface area contributed by atoms with E-state index in [2.05, 4.69) is 21.1 Å². The fourth-order valence-electron chi connectivity index (χ4n) is 1.94. The first-order valence-electron chi connectivity index (χ1n) is 6.97. The highest BCUT2D eigenvalue weighted by Gasteiger charge is 2.04. The van der Waals surface area contributed by atoms with Crippen molar-refractivity contribution in [2.45, 2.75) is 57.8 Å². The Hall–Kier alpha value is 0.400. The summed E-state index contributed by atoms with van der Waals surface area (Å²) in [5, 5.41) is 8.63. The lowest BCUT2D eigenvalue weighted by Crippen LogP contribution is -3.00. The van der Waals surface area contributed by atoms with Gasteiger partial charge in [0, 0.05) is 6.61 Å². The van der Waals surface area contributed by atoms with E-state index in [1.807, 2.05) is 0 Å².